The van der Waals surface area contributed by atoms with Gasteiger partial charge in [0.2, 0.25) is 0 Å². The normalized spacial score (nSPS) is 19.4. The third-order valence-corrected chi connectivity index (χ3v) is 10.1. The maximum absolute atomic E-state index is 15.1. The van der Waals surface area contributed by atoms with E-state index in [1.165, 1.54) is 57.4 Å². The van der Waals surface area contributed by atoms with Gasteiger partial charge in [0.05, 0.1) is 0 Å². The molecule has 2 atom stereocenters. The van der Waals surface area contributed by atoms with E-state index in [9.17, 15) is 4.79 Å². The van der Waals surface area contributed by atoms with Gasteiger partial charge < -0.3 is 15.0 Å². The van der Waals surface area contributed by atoms with Gasteiger partial charge in [-0.15, -0.1) is 0 Å². The van der Waals surface area contributed by atoms with E-state index >= 15 is 4.39 Å². The number of nitrogens with one attached hydrogen (secondary N) is 1. The maximum atomic E-state index is 15.1. The zero-order valence-corrected chi connectivity index (χ0v) is 27.8. The van der Waals surface area contributed by atoms with Gasteiger partial charge in [-0.3, -0.25) is 4.79 Å². The van der Waals surface area contributed by atoms with Crippen LogP contribution in [0, 0.1) is 24.6 Å². The molecule has 0 radical (unpaired) electrons. The average Bonchev–Trinajstić information content (AvgIpc) is 3.72. The van der Waals surface area contributed by atoms with Crippen LogP contribution in [0.2, 0.25) is 0 Å². The number of hydrogen-bond acceptors (Lipinski definition) is 3. The Balaban J connectivity index is 0.000000342. The smallest absolute Gasteiger partial charge is 0.251 e. The molecular weight excluding hydrogens is 559 g/mol. The van der Waals surface area contributed by atoms with Crippen molar-refractivity contribution in [2.75, 3.05) is 26.2 Å². The molecule has 1 N–H and O–H groups in total. The van der Waals surface area contributed by atoms with Gasteiger partial charge in [0.15, 0.2) is 0 Å². The van der Waals surface area contributed by atoms with Crippen LogP contribution in [0.4, 0.5) is 4.39 Å². The fourth-order valence-electron chi connectivity index (χ4n) is 7.30. The number of carbonyl (C=O) groups excluding carboxylic acids is 1. The molecule has 5 heteroatoms. The first-order valence-corrected chi connectivity index (χ1v) is 17.2. The Bertz CT molecular complexity index is 1550. The van der Waals surface area contributed by atoms with Crippen LogP contribution >= 0.6 is 0 Å². The highest BCUT2D eigenvalue weighted by Crippen LogP contribution is 2.45. The monoisotopic (exact) mass is 610 g/mol. The SMILES string of the molecule is C=C(/C(=C\C)C(=O)NCCN1CCCC1)c1cc(F)c(C)c2c1Cc1cc3ccccc3cc1O2.CCCCC1CCCC1C. The van der Waals surface area contributed by atoms with Crippen molar-refractivity contribution >= 4 is 22.3 Å². The van der Waals surface area contributed by atoms with E-state index in [1.54, 1.807) is 13.0 Å². The van der Waals surface area contributed by atoms with Crippen molar-refractivity contribution in [3.05, 3.63) is 88.8 Å². The summed E-state index contributed by atoms with van der Waals surface area (Å²) in [6.45, 7) is 16.1. The van der Waals surface area contributed by atoms with Gasteiger partial charge in [0.25, 0.3) is 5.91 Å². The van der Waals surface area contributed by atoms with Gasteiger partial charge in [-0.1, -0.05) is 89.3 Å². The van der Waals surface area contributed by atoms with Crippen LogP contribution in [0.3, 0.4) is 0 Å². The number of amides is 1. The second-order valence-corrected chi connectivity index (χ2v) is 13.2. The summed E-state index contributed by atoms with van der Waals surface area (Å²) in [4.78, 5) is 15.4. The summed E-state index contributed by atoms with van der Waals surface area (Å²) in [6.07, 6.45) is 13.6. The molecule has 4 nitrogen and oxygen atoms in total. The molecule has 2 unspecified atom stereocenters. The van der Waals surface area contributed by atoms with Gasteiger partial charge in [0.1, 0.15) is 17.3 Å². The molecule has 1 amide bonds. The lowest BCUT2D eigenvalue weighted by atomic mass is 9.87. The zero-order valence-electron chi connectivity index (χ0n) is 27.8. The number of rotatable bonds is 9. The number of benzene rings is 3. The standard InChI is InChI=1S/C30H31FN2O2.C10H20/c1-4-24(30(34)32-11-14-33-12-7-8-13-33)19(2)25-18-27(31)20(3)29-26(25)16-23-15-21-9-5-6-10-22(21)17-28(23)35-29;1-3-4-7-10-8-5-6-9(10)2/h4-6,9-10,15,17-18H,2,7-8,11-14,16H2,1,3H3,(H,32,34);9-10H,3-8H2,1-2H3/b24-4+;. The lowest BCUT2D eigenvalue weighted by Gasteiger charge is -2.26. The number of ether oxygens (including phenoxy) is 1. The summed E-state index contributed by atoms with van der Waals surface area (Å²) in [5.74, 6) is 2.83. The summed E-state index contributed by atoms with van der Waals surface area (Å²) >= 11 is 0. The van der Waals surface area contributed by atoms with Gasteiger partial charge >= 0.3 is 0 Å². The molecule has 2 fully saturated rings. The third-order valence-electron chi connectivity index (χ3n) is 10.1. The van der Waals surface area contributed by atoms with Crippen LogP contribution in [-0.4, -0.2) is 37.0 Å². The fraction of sp³-hybridized carbons (Fsp3) is 0.475. The number of fused-ring (bicyclic) bond motifs is 3. The lowest BCUT2D eigenvalue weighted by Crippen LogP contribution is -2.34. The Morgan fingerprint density at radius 3 is 2.51 bits per heavy atom. The van der Waals surface area contributed by atoms with Crippen LogP contribution in [-0.2, 0) is 11.2 Å². The summed E-state index contributed by atoms with van der Waals surface area (Å²) < 4.78 is 21.3. The molecule has 0 spiro atoms. The first-order chi connectivity index (χ1) is 21.8. The molecular formula is C40H51FN2O2. The first kappa shape index (κ1) is 32.9. The molecule has 0 bridgehead atoms. The molecule has 3 aliphatic rings. The summed E-state index contributed by atoms with van der Waals surface area (Å²) in [6, 6.07) is 13.8. The van der Waals surface area contributed by atoms with Crippen molar-refractivity contribution in [3.8, 4) is 11.5 Å². The van der Waals surface area contributed by atoms with Gasteiger partial charge in [0, 0.05) is 36.2 Å². The molecule has 1 saturated carbocycles. The molecule has 2 heterocycles. The number of allylic oxidation sites excluding steroid dienone is 1. The topological polar surface area (TPSA) is 41.6 Å². The highest BCUT2D eigenvalue weighted by atomic mass is 19.1. The van der Waals surface area contributed by atoms with Crippen molar-refractivity contribution in [2.45, 2.75) is 85.5 Å². The Labute approximate surface area is 269 Å². The summed E-state index contributed by atoms with van der Waals surface area (Å²) in [5.41, 5.74) is 3.95. The van der Waals surface area contributed by atoms with Crippen LogP contribution in [0.15, 0.2) is 60.7 Å². The first-order valence-electron chi connectivity index (χ1n) is 17.2. The lowest BCUT2D eigenvalue weighted by molar-refractivity contribution is -0.117. The minimum atomic E-state index is -0.367. The minimum absolute atomic E-state index is 0.186. The van der Waals surface area contributed by atoms with E-state index in [-0.39, 0.29) is 11.7 Å². The summed E-state index contributed by atoms with van der Waals surface area (Å²) in [7, 11) is 0. The van der Waals surface area contributed by atoms with Crippen LogP contribution < -0.4 is 10.1 Å². The molecule has 0 aromatic heterocycles. The number of likely N-dealkylation sites (tertiary alicyclic amines) is 1. The zero-order chi connectivity index (χ0) is 31.9. The quantitative estimate of drug-likeness (QED) is 0.152. The van der Waals surface area contributed by atoms with Crippen LogP contribution in [0.5, 0.6) is 11.5 Å². The predicted octanol–water partition coefficient (Wildman–Crippen LogP) is 9.77. The molecule has 1 aliphatic carbocycles. The van der Waals surface area contributed by atoms with E-state index in [1.807, 2.05) is 31.2 Å². The highest BCUT2D eigenvalue weighted by molar-refractivity contribution is 6.09. The third kappa shape index (κ3) is 7.69. The Morgan fingerprint density at radius 2 is 1.84 bits per heavy atom. The van der Waals surface area contributed by atoms with E-state index < -0.39 is 0 Å². The van der Waals surface area contributed by atoms with E-state index in [0.29, 0.717) is 41.0 Å². The van der Waals surface area contributed by atoms with Gasteiger partial charge in [-0.2, -0.15) is 0 Å². The minimum Gasteiger partial charge on any atom is -0.456 e. The van der Waals surface area contributed by atoms with Crippen molar-refractivity contribution in [2.24, 2.45) is 11.8 Å². The number of carbonyl (C=O) groups is 1. The Morgan fingerprint density at radius 1 is 1.11 bits per heavy atom. The molecule has 45 heavy (non-hydrogen) atoms. The second kappa shape index (κ2) is 15.2. The van der Waals surface area contributed by atoms with Crippen molar-refractivity contribution in [1.29, 1.82) is 0 Å². The largest absolute Gasteiger partial charge is 0.456 e. The summed E-state index contributed by atoms with van der Waals surface area (Å²) in [5, 5.41) is 5.23. The van der Waals surface area contributed by atoms with Crippen molar-refractivity contribution in [1.82, 2.24) is 10.2 Å². The van der Waals surface area contributed by atoms with E-state index in [4.69, 9.17) is 4.74 Å². The number of halogens is 1. The van der Waals surface area contributed by atoms with E-state index in [2.05, 4.69) is 42.8 Å². The molecule has 240 valence electrons. The second-order valence-electron chi connectivity index (χ2n) is 13.2. The number of unbranched alkanes of at least 4 members (excludes halogenated alkanes) is 1. The van der Waals surface area contributed by atoms with Crippen LogP contribution in [0.25, 0.3) is 16.3 Å². The highest BCUT2D eigenvalue weighted by Gasteiger charge is 2.27. The molecule has 1 saturated heterocycles. The molecule has 6 rings (SSSR count). The number of nitrogens with zero attached hydrogens (tertiary/aromatic N) is 1. The van der Waals surface area contributed by atoms with Crippen molar-refractivity contribution < 1.29 is 13.9 Å². The van der Waals surface area contributed by atoms with Gasteiger partial charge in [-0.05, 0) is 97.3 Å². The van der Waals surface area contributed by atoms with Crippen LogP contribution in [0.1, 0.15) is 94.4 Å². The predicted molar refractivity (Wildman–Crippen MR) is 185 cm³/mol. The Kier molecular flexibility index (Phi) is 11.1. The van der Waals surface area contributed by atoms with Crippen molar-refractivity contribution in [3.63, 3.8) is 0 Å². The van der Waals surface area contributed by atoms with E-state index in [0.717, 1.165) is 59.1 Å². The number of hydrogen-bond donors (Lipinski definition) is 1. The van der Waals surface area contributed by atoms with Gasteiger partial charge in [-0.25, -0.2) is 4.39 Å². The Hall–Kier alpha value is -3.44. The average molecular weight is 611 g/mol. The molecule has 3 aromatic rings. The fourth-order valence-corrected chi connectivity index (χ4v) is 7.30. The maximum Gasteiger partial charge on any atom is 0.251 e. The molecule has 3 aromatic carbocycles. The molecule has 2 aliphatic heterocycles.